The number of rotatable bonds is 16. The number of aliphatic carboxylic acids is 1. The topological polar surface area (TPSA) is 146 Å². The van der Waals surface area contributed by atoms with E-state index in [1.165, 1.54) is 22.6 Å². The Bertz CT molecular complexity index is 1870. The van der Waals surface area contributed by atoms with Crippen molar-refractivity contribution in [3.63, 3.8) is 0 Å². The van der Waals surface area contributed by atoms with Crippen LogP contribution in [0.3, 0.4) is 0 Å². The number of hydrogen-bond donors (Lipinski definition) is 3. The van der Waals surface area contributed by atoms with Crippen molar-refractivity contribution in [2.24, 2.45) is 0 Å². The predicted molar refractivity (Wildman–Crippen MR) is 197 cm³/mol. The number of fused-ring (bicyclic) bond motifs is 2. The van der Waals surface area contributed by atoms with Crippen LogP contribution in [-0.2, 0) is 36.8 Å². The number of benzene rings is 3. The molecule has 0 aromatic heterocycles. The monoisotopic (exact) mass is 791 g/mol. The van der Waals surface area contributed by atoms with Crippen molar-refractivity contribution in [3.05, 3.63) is 105 Å². The lowest BCUT2D eigenvalue weighted by Crippen LogP contribution is -2.64. The number of aryl methyl sites for hydroxylation is 2. The zero-order valence-electron chi connectivity index (χ0n) is 29.4. The van der Waals surface area contributed by atoms with Gasteiger partial charge in [0.2, 0.25) is 6.10 Å². The van der Waals surface area contributed by atoms with Crippen LogP contribution in [0.15, 0.2) is 76.8 Å². The molecule has 13 heteroatoms. The third kappa shape index (κ3) is 9.14. The number of carbonyl (C=O) groups excluding carboxylic acids is 3. The highest BCUT2D eigenvalue weighted by Gasteiger charge is 2.45. The van der Waals surface area contributed by atoms with Gasteiger partial charge in [-0.15, -0.1) is 0 Å². The van der Waals surface area contributed by atoms with Crippen LogP contribution in [0.4, 0.5) is 4.39 Å². The number of nitrogens with zero attached hydrogens (tertiary/aromatic N) is 2. The first-order valence-corrected chi connectivity index (χ1v) is 18.6. The summed E-state index contributed by atoms with van der Waals surface area (Å²) in [6.07, 6.45) is 0.173. The number of ether oxygens (including phenoxy) is 2. The van der Waals surface area contributed by atoms with Crippen LogP contribution < -0.4 is 10.1 Å². The molecule has 2 amide bonds. The van der Waals surface area contributed by atoms with Gasteiger partial charge in [-0.25, -0.2) is 9.18 Å². The fourth-order valence-corrected chi connectivity index (χ4v) is 7.59. The van der Waals surface area contributed by atoms with Crippen LogP contribution in [-0.4, -0.2) is 101 Å². The maximum absolute atomic E-state index is 14.8. The van der Waals surface area contributed by atoms with E-state index in [4.69, 9.17) is 9.47 Å². The van der Waals surface area contributed by atoms with Crippen LogP contribution in [0, 0.1) is 12.7 Å². The first-order valence-electron chi connectivity index (χ1n) is 17.8. The molecule has 3 N–H and O–H groups in total. The van der Waals surface area contributed by atoms with Gasteiger partial charge < -0.3 is 34.8 Å². The van der Waals surface area contributed by atoms with Crippen molar-refractivity contribution in [1.29, 1.82) is 0 Å². The standard InChI is InChI=1S/C40H43BrFN3O8/c1-24-5-2-3-7-26(24)16-17-45(30-13-14-30)38(48)35-31(20-29-21-44(22-33(35)43-29)39(49)37(53-23-46)36(47)40(50)51)27-10-8-25(9-11-27)6-4-18-52-34-19-28(42)12-15-32(34)41/h2-3,5,7-12,15,19,23,29-30,33,36-37,43,47H,4,6,13-14,16-18,20-22H2,1H3,(H,50,51)/t29-,33-,36+,37+/m1/s1. The summed E-state index contributed by atoms with van der Waals surface area (Å²) in [5.74, 6) is -2.56. The summed E-state index contributed by atoms with van der Waals surface area (Å²) in [6.45, 7) is 3.11. The molecular weight excluding hydrogens is 749 g/mol. The molecule has 4 atom stereocenters. The van der Waals surface area contributed by atoms with Crippen molar-refractivity contribution in [3.8, 4) is 5.75 Å². The molecule has 2 bridgehead atoms. The fourth-order valence-electron chi connectivity index (χ4n) is 7.23. The van der Waals surface area contributed by atoms with E-state index in [0.717, 1.165) is 41.5 Å². The summed E-state index contributed by atoms with van der Waals surface area (Å²) in [4.78, 5) is 54.4. The zero-order chi connectivity index (χ0) is 37.6. The number of halogens is 2. The molecule has 3 aromatic rings. The van der Waals surface area contributed by atoms with Gasteiger partial charge in [0.05, 0.1) is 17.1 Å². The Morgan fingerprint density at radius 3 is 2.53 bits per heavy atom. The molecule has 2 heterocycles. The number of aliphatic hydroxyl groups excluding tert-OH is 1. The number of amides is 2. The number of carbonyl (C=O) groups is 4. The largest absolute Gasteiger partial charge is 0.492 e. The molecule has 0 spiro atoms. The lowest BCUT2D eigenvalue weighted by atomic mass is 9.82. The molecular formula is C40H43BrFN3O8. The third-order valence-corrected chi connectivity index (χ3v) is 10.8. The quantitative estimate of drug-likeness (QED) is 0.142. The van der Waals surface area contributed by atoms with Crippen molar-refractivity contribution < 1.29 is 43.3 Å². The van der Waals surface area contributed by atoms with E-state index in [-0.39, 0.29) is 43.4 Å². The lowest BCUT2D eigenvalue weighted by molar-refractivity contribution is -0.170. The van der Waals surface area contributed by atoms with E-state index in [0.29, 0.717) is 48.2 Å². The van der Waals surface area contributed by atoms with E-state index >= 15 is 0 Å². The molecule has 280 valence electrons. The minimum atomic E-state index is -2.24. The fraction of sp³-hybridized carbons (Fsp3) is 0.400. The Kier molecular flexibility index (Phi) is 12.3. The van der Waals surface area contributed by atoms with E-state index in [1.54, 1.807) is 6.07 Å². The highest BCUT2D eigenvalue weighted by atomic mass is 79.9. The summed E-state index contributed by atoms with van der Waals surface area (Å²) in [5, 5.41) is 23.1. The summed E-state index contributed by atoms with van der Waals surface area (Å²) in [5.41, 5.74) is 5.72. The Morgan fingerprint density at radius 2 is 1.83 bits per heavy atom. The van der Waals surface area contributed by atoms with Crippen LogP contribution in [0.25, 0.3) is 5.57 Å². The van der Waals surface area contributed by atoms with Gasteiger partial charge in [-0.3, -0.25) is 14.4 Å². The Morgan fingerprint density at radius 1 is 1.08 bits per heavy atom. The van der Waals surface area contributed by atoms with Crippen molar-refractivity contribution >= 4 is 45.8 Å². The molecule has 0 unspecified atom stereocenters. The smallest absolute Gasteiger partial charge is 0.337 e. The summed E-state index contributed by atoms with van der Waals surface area (Å²) in [6, 6.07) is 19.7. The minimum Gasteiger partial charge on any atom is -0.492 e. The van der Waals surface area contributed by atoms with Crippen molar-refractivity contribution in [2.45, 2.75) is 75.8 Å². The van der Waals surface area contributed by atoms with Gasteiger partial charge in [-0.05, 0) is 101 Å². The number of nitrogens with one attached hydrogen (secondary N) is 1. The number of hydrogen-bond acceptors (Lipinski definition) is 8. The van der Waals surface area contributed by atoms with Gasteiger partial charge in [-0.2, -0.15) is 0 Å². The van der Waals surface area contributed by atoms with Crippen molar-refractivity contribution in [1.82, 2.24) is 15.1 Å². The minimum absolute atomic E-state index is 0.0147. The van der Waals surface area contributed by atoms with Gasteiger partial charge in [0.1, 0.15) is 11.6 Å². The zero-order valence-corrected chi connectivity index (χ0v) is 31.0. The van der Waals surface area contributed by atoms with Crippen LogP contribution in [0.5, 0.6) is 5.75 Å². The first-order chi connectivity index (χ1) is 25.5. The summed E-state index contributed by atoms with van der Waals surface area (Å²) >= 11 is 3.39. The molecule has 11 nitrogen and oxygen atoms in total. The van der Waals surface area contributed by atoms with E-state index < -0.39 is 30.1 Å². The molecule has 6 rings (SSSR count). The molecule has 1 aliphatic carbocycles. The van der Waals surface area contributed by atoms with Gasteiger partial charge in [0.15, 0.2) is 6.10 Å². The van der Waals surface area contributed by atoms with Gasteiger partial charge in [0.25, 0.3) is 18.3 Å². The third-order valence-electron chi connectivity index (χ3n) is 10.1. The highest BCUT2D eigenvalue weighted by molar-refractivity contribution is 9.10. The highest BCUT2D eigenvalue weighted by Crippen LogP contribution is 2.37. The van der Waals surface area contributed by atoms with Gasteiger partial charge >= 0.3 is 5.97 Å². The second-order valence-electron chi connectivity index (χ2n) is 13.8. The van der Waals surface area contributed by atoms with Crippen molar-refractivity contribution in [2.75, 3.05) is 26.2 Å². The second-order valence-corrected chi connectivity index (χ2v) is 14.7. The predicted octanol–water partition coefficient (Wildman–Crippen LogP) is 4.46. The maximum atomic E-state index is 14.8. The van der Waals surface area contributed by atoms with Crippen LogP contribution in [0.1, 0.15) is 47.9 Å². The molecule has 0 radical (unpaired) electrons. The summed E-state index contributed by atoms with van der Waals surface area (Å²) in [7, 11) is 0. The second kappa shape index (κ2) is 17.0. The molecule has 3 aromatic carbocycles. The first kappa shape index (κ1) is 38.1. The molecule has 1 saturated heterocycles. The average molecular weight is 793 g/mol. The molecule has 1 saturated carbocycles. The van der Waals surface area contributed by atoms with E-state index in [2.05, 4.69) is 40.3 Å². The number of piperazine rings is 1. The normalized spacial score (nSPS) is 19.3. The summed E-state index contributed by atoms with van der Waals surface area (Å²) < 4.78 is 24.9. The number of carboxylic acids is 1. The molecule has 3 aliphatic rings. The maximum Gasteiger partial charge on any atom is 0.337 e. The van der Waals surface area contributed by atoms with E-state index in [9.17, 15) is 33.8 Å². The van der Waals surface area contributed by atoms with Crippen LogP contribution >= 0.6 is 15.9 Å². The molecule has 2 fully saturated rings. The Labute approximate surface area is 315 Å². The molecule has 2 aliphatic heterocycles. The SMILES string of the molecule is Cc1ccccc1CCN(C(=O)C1=C(c2ccc(CCCOc3cc(F)ccc3Br)cc2)C[C@@H]2CN(C(=O)[C@@H](OC=O)[C@H](O)C(=O)O)C[C@H]1N2)C1CC1. The Balaban J connectivity index is 1.25. The number of aliphatic hydroxyl groups is 1. The lowest BCUT2D eigenvalue weighted by Gasteiger charge is -2.45. The van der Waals surface area contributed by atoms with Gasteiger partial charge in [0, 0.05) is 43.4 Å². The Hall–Kier alpha value is -4.59. The van der Waals surface area contributed by atoms with E-state index in [1.807, 2.05) is 41.3 Å². The van der Waals surface area contributed by atoms with Crippen LogP contribution in [0.2, 0.25) is 0 Å². The number of carboxylic acid groups (broad SMARTS) is 1. The molecule has 53 heavy (non-hydrogen) atoms. The average Bonchev–Trinajstić information content (AvgIpc) is 3.99. The van der Waals surface area contributed by atoms with Gasteiger partial charge in [-0.1, -0.05) is 48.5 Å².